The number of hydrogen-bond donors (Lipinski definition) is 2. The van der Waals surface area contributed by atoms with Crippen molar-refractivity contribution >= 4 is 46.0 Å². The summed E-state index contributed by atoms with van der Waals surface area (Å²) >= 11 is 0. The van der Waals surface area contributed by atoms with E-state index in [2.05, 4.69) is 15.8 Å². The number of ketones is 1. The molecule has 0 aliphatic rings. The molecular formula is C25H34BrN4O3+. The van der Waals surface area contributed by atoms with Crippen molar-refractivity contribution in [1.29, 1.82) is 0 Å². The maximum Gasteiger partial charge on any atom is 0.305 e. The Morgan fingerprint density at radius 3 is 2.21 bits per heavy atom. The van der Waals surface area contributed by atoms with E-state index >= 15 is 0 Å². The van der Waals surface area contributed by atoms with Gasteiger partial charge in [-0.1, -0.05) is 32.9 Å². The fraction of sp³-hybridized carbons (Fsp3) is 0.400. The van der Waals surface area contributed by atoms with Crippen LogP contribution in [0.5, 0.6) is 0 Å². The van der Waals surface area contributed by atoms with Crippen LogP contribution in [0.2, 0.25) is 0 Å². The summed E-state index contributed by atoms with van der Waals surface area (Å²) in [5.74, 6) is -0.477. The highest BCUT2D eigenvalue weighted by atomic mass is 79.9. The number of nitrogens with one attached hydrogen (secondary N) is 2. The average Bonchev–Trinajstić information content (AvgIpc) is 2.72. The van der Waals surface area contributed by atoms with Gasteiger partial charge >= 0.3 is 5.91 Å². The molecule has 2 aromatic rings. The summed E-state index contributed by atoms with van der Waals surface area (Å²) in [6.45, 7) is 9.63. The zero-order valence-electron chi connectivity index (χ0n) is 20.0. The Labute approximate surface area is 206 Å². The van der Waals surface area contributed by atoms with Crippen LogP contribution < -0.4 is 15.3 Å². The molecule has 7 nitrogen and oxygen atoms in total. The highest BCUT2D eigenvalue weighted by Gasteiger charge is 2.23. The van der Waals surface area contributed by atoms with E-state index in [0.29, 0.717) is 5.71 Å². The van der Waals surface area contributed by atoms with Crippen molar-refractivity contribution in [3.05, 3.63) is 59.9 Å². The van der Waals surface area contributed by atoms with Gasteiger partial charge in [0.25, 0.3) is 0 Å². The minimum Gasteiger partial charge on any atom is -0.326 e. The molecule has 33 heavy (non-hydrogen) atoms. The average molecular weight is 518 g/mol. The molecule has 0 aliphatic carbocycles. The zero-order valence-corrected chi connectivity index (χ0v) is 21.7. The molecule has 0 aliphatic heterocycles. The smallest absolute Gasteiger partial charge is 0.305 e. The van der Waals surface area contributed by atoms with E-state index in [1.807, 2.05) is 71.0 Å². The summed E-state index contributed by atoms with van der Waals surface area (Å²) in [6.07, 6.45) is 4.08. The van der Waals surface area contributed by atoms with Gasteiger partial charge in [-0.2, -0.15) is 9.67 Å². The molecule has 8 heteroatoms. The lowest BCUT2D eigenvalue weighted by atomic mass is 9.87. The lowest BCUT2D eigenvalue weighted by Crippen LogP contribution is -2.41. The standard InChI is InChI=1S/C25H32N4O3.BrH/c1-18-9-10-20(15-19(18)2)26-23(31)12-11-21(16-22(30)25(3,4)5)27-28-24(32)17-29-13-7-6-8-14-29;/h6-10,13-15H,11-12,16-17H2,1-5H3,(H-,26,28,31,32);1H/p+1/b27-21-;. The number of hydrazone groups is 1. The van der Waals surface area contributed by atoms with Gasteiger partial charge in [0, 0.05) is 41.8 Å². The number of aryl methyl sites for hydroxylation is 2. The summed E-state index contributed by atoms with van der Waals surface area (Å²) in [6, 6.07) is 11.3. The Balaban J connectivity index is 0.00000544. The van der Waals surface area contributed by atoms with E-state index in [4.69, 9.17) is 0 Å². The quantitative estimate of drug-likeness (QED) is 0.298. The van der Waals surface area contributed by atoms with Gasteiger partial charge in [-0.05, 0) is 43.5 Å². The normalized spacial score (nSPS) is 11.4. The van der Waals surface area contributed by atoms with Gasteiger partial charge in [-0.25, -0.2) is 5.43 Å². The molecule has 0 radical (unpaired) electrons. The number of benzene rings is 1. The summed E-state index contributed by atoms with van der Waals surface area (Å²) < 4.78 is 1.72. The maximum absolute atomic E-state index is 12.5. The van der Waals surface area contributed by atoms with Gasteiger partial charge in [-0.3, -0.25) is 14.4 Å². The molecule has 0 fully saturated rings. The van der Waals surface area contributed by atoms with Gasteiger partial charge in [-0.15, -0.1) is 17.0 Å². The molecular weight excluding hydrogens is 484 g/mol. The van der Waals surface area contributed by atoms with Crippen LogP contribution in [0.4, 0.5) is 5.69 Å². The van der Waals surface area contributed by atoms with Crippen LogP contribution in [0.25, 0.3) is 0 Å². The predicted molar refractivity (Wildman–Crippen MR) is 135 cm³/mol. The Kier molecular flexibility index (Phi) is 11.1. The fourth-order valence-electron chi connectivity index (χ4n) is 2.82. The second kappa shape index (κ2) is 13.0. The molecule has 0 atom stereocenters. The zero-order chi connectivity index (χ0) is 23.7. The van der Waals surface area contributed by atoms with Crippen LogP contribution in [0, 0.1) is 19.3 Å². The second-order valence-electron chi connectivity index (χ2n) is 8.96. The van der Waals surface area contributed by atoms with Crippen LogP contribution in [0.1, 0.15) is 51.2 Å². The molecule has 2 amide bonds. The number of carbonyl (C=O) groups excluding carboxylic acids is 3. The monoisotopic (exact) mass is 517 g/mol. The topological polar surface area (TPSA) is 91.5 Å². The molecule has 0 bridgehead atoms. The number of hydrogen-bond acceptors (Lipinski definition) is 4. The molecule has 178 valence electrons. The first-order valence-corrected chi connectivity index (χ1v) is 10.7. The predicted octanol–water partition coefficient (Wildman–Crippen LogP) is 4.07. The fourth-order valence-corrected chi connectivity index (χ4v) is 2.82. The highest BCUT2D eigenvalue weighted by molar-refractivity contribution is 8.93. The molecule has 2 N–H and O–H groups in total. The van der Waals surface area contributed by atoms with Crippen LogP contribution in [-0.2, 0) is 20.9 Å². The first kappa shape index (κ1) is 28.2. The Morgan fingerprint density at radius 2 is 1.61 bits per heavy atom. The molecule has 1 aromatic carbocycles. The Morgan fingerprint density at radius 1 is 0.939 bits per heavy atom. The van der Waals surface area contributed by atoms with E-state index in [0.717, 1.165) is 16.8 Å². The maximum atomic E-state index is 12.5. The van der Waals surface area contributed by atoms with Crippen molar-refractivity contribution in [1.82, 2.24) is 5.43 Å². The number of amides is 2. The third-order valence-corrected chi connectivity index (χ3v) is 5.07. The third-order valence-electron chi connectivity index (χ3n) is 5.07. The summed E-state index contributed by atoms with van der Waals surface area (Å²) in [5.41, 5.74) is 5.45. The molecule has 0 saturated heterocycles. The number of anilines is 1. The van der Waals surface area contributed by atoms with Crippen molar-refractivity contribution in [2.24, 2.45) is 10.5 Å². The molecule has 1 aromatic heterocycles. The molecule has 2 rings (SSSR count). The van der Waals surface area contributed by atoms with Crippen molar-refractivity contribution < 1.29 is 19.0 Å². The van der Waals surface area contributed by atoms with Gasteiger partial charge in [0.15, 0.2) is 12.4 Å². The minimum absolute atomic E-state index is 0. The molecule has 0 unspecified atom stereocenters. The number of Topliss-reactive ketones (excluding diaryl/α,β-unsaturated/α-hetero) is 1. The Hall–Kier alpha value is -2.87. The van der Waals surface area contributed by atoms with Gasteiger partial charge in [0.05, 0.1) is 0 Å². The van der Waals surface area contributed by atoms with Crippen LogP contribution in [0.3, 0.4) is 0 Å². The van der Waals surface area contributed by atoms with E-state index < -0.39 is 5.41 Å². The lowest BCUT2D eigenvalue weighted by molar-refractivity contribution is -0.684. The van der Waals surface area contributed by atoms with Crippen LogP contribution >= 0.6 is 17.0 Å². The summed E-state index contributed by atoms with van der Waals surface area (Å²) in [4.78, 5) is 37.2. The van der Waals surface area contributed by atoms with Crippen molar-refractivity contribution in [2.75, 3.05) is 5.32 Å². The first-order chi connectivity index (χ1) is 15.0. The van der Waals surface area contributed by atoms with E-state index in [1.165, 1.54) is 0 Å². The van der Waals surface area contributed by atoms with Crippen LogP contribution in [-0.4, -0.2) is 23.3 Å². The lowest BCUT2D eigenvalue weighted by Gasteiger charge is -2.17. The first-order valence-electron chi connectivity index (χ1n) is 10.7. The number of halogens is 1. The van der Waals surface area contributed by atoms with Crippen LogP contribution in [0.15, 0.2) is 53.9 Å². The number of pyridine rings is 1. The van der Waals surface area contributed by atoms with Gasteiger partial charge < -0.3 is 5.32 Å². The van der Waals surface area contributed by atoms with E-state index in [9.17, 15) is 14.4 Å². The van der Waals surface area contributed by atoms with Crippen molar-refractivity contribution in [2.45, 2.75) is 60.4 Å². The number of rotatable bonds is 9. The number of aromatic nitrogens is 1. The molecule has 1 heterocycles. The Bertz CT molecular complexity index is 998. The summed E-state index contributed by atoms with van der Waals surface area (Å²) in [5, 5.41) is 7.06. The largest absolute Gasteiger partial charge is 0.326 e. The number of nitrogens with zero attached hydrogens (tertiary/aromatic N) is 2. The SMILES string of the molecule is Br.Cc1ccc(NC(=O)CC/C(CC(=O)C(C)(C)C)=N/NC(=O)C[n+]2ccccc2)cc1C. The minimum atomic E-state index is -0.535. The molecule has 0 saturated carbocycles. The number of carbonyl (C=O) groups is 3. The molecule has 0 spiro atoms. The van der Waals surface area contributed by atoms with Gasteiger partial charge in [0.2, 0.25) is 12.5 Å². The third kappa shape index (κ3) is 10.1. The van der Waals surface area contributed by atoms with E-state index in [-0.39, 0.29) is 60.4 Å². The highest BCUT2D eigenvalue weighted by Crippen LogP contribution is 2.18. The van der Waals surface area contributed by atoms with Crippen molar-refractivity contribution in [3.8, 4) is 0 Å². The second-order valence-corrected chi connectivity index (χ2v) is 8.96. The van der Waals surface area contributed by atoms with Gasteiger partial charge in [0.1, 0.15) is 5.78 Å². The summed E-state index contributed by atoms with van der Waals surface area (Å²) in [7, 11) is 0. The van der Waals surface area contributed by atoms with E-state index in [1.54, 1.807) is 17.0 Å². The van der Waals surface area contributed by atoms with Crippen molar-refractivity contribution in [3.63, 3.8) is 0 Å².